The third-order valence-corrected chi connectivity index (χ3v) is 10.3. The van der Waals surface area contributed by atoms with E-state index in [0.717, 1.165) is 11.1 Å². The van der Waals surface area contributed by atoms with Crippen molar-refractivity contribution >= 4 is 42.5 Å². The second kappa shape index (κ2) is 14.4. The molecule has 2 amide bonds. The summed E-state index contributed by atoms with van der Waals surface area (Å²) in [6.45, 7) is 13.6. The predicted octanol–water partition coefficient (Wildman–Crippen LogP) is 6.37. The van der Waals surface area contributed by atoms with E-state index in [1.165, 1.54) is 4.90 Å². The molecule has 2 aromatic carbocycles. The average molecular weight is 695 g/mol. The van der Waals surface area contributed by atoms with Crippen LogP contribution in [-0.2, 0) is 41.3 Å². The summed E-state index contributed by atoms with van der Waals surface area (Å²) in [6.07, 6.45) is 1.62. The van der Waals surface area contributed by atoms with E-state index in [1.54, 1.807) is 56.0 Å². The number of rotatable bonds is 9. The van der Waals surface area contributed by atoms with E-state index in [-0.39, 0.29) is 50.8 Å². The van der Waals surface area contributed by atoms with E-state index in [1.807, 2.05) is 45.9 Å². The Bertz CT molecular complexity index is 1540. The Morgan fingerprint density at radius 1 is 0.959 bits per heavy atom. The van der Waals surface area contributed by atoms with Gasteiger partial charge in [0.2, 0.25) is 5.91 Å². The Morgan fingerprint density at radius 2 is 1.63 bits per heavy atom. The van der Waals surface area contributed by atoms with Gasteiger partial charge in [-0.1, -0.05) is 54.4 Å². The molecule has 3 heterocycles. The molecule has 49 heavy (non-hydrogen) atoms. The highest BCUT2D eigenvalue weighted by molar-refractivity contribution is 6.45. The van der Waals surface area contributed by atoms with Crippen molar-refractivity contribution in [2.45, 2.75) is 103 Å². The number of carbonyl (C=O) groups excluding carboxylic acids is 4. The summed E-state index contributed by atoms with van der Waals surface area (Å²) in [5, 5.41) is 0.544. The number of halogens is 1. The molecular formula is C37H48BClN2O8. The minimum absolute atomic E-state index is 0.116. The van der Waals surface area contributed by atoms with Crippen molar-refractivity contribution in [3.05, 3.63) is 70.2 Å². The summed E-state index contributed by atoms with van der Waals surface area (Å²) >= 11 is 6.28. The number of hydrogen-bond donors (Lipinski definition) is 0. The number of benzene rings is 2. The van der Waals surface area contributed by atoms with E-state index in [4.69, 9.17) is 30.4 Å². The average Bonchev–Trinajstić information content (AvgIpc) is 3.54. The lowest BCUT2D eigenvalue weighted by Gasteiger charge is -2.38. The highest BCUT2D eigenvalue weighted by Gasteiger charge is 2.51. The number of hydrogen-bond acceptors (Lipinski definition) is 8. The number of esters is 1. The van der Waals surface area contributed by atoms with Crippen LogP contribution in [0.2, 0.25) is 11.3 Å². The molecule has 12 heteroatoms. The van der Waals surface area contributed by atoms with Gasteiger partial charge in [0.15, 0.2) is 12.4 Å². The molecule has 2 unspecified atom stereocenters. The van der Waals surface area contributed by atoms with E-state index in [0.29, 0.717) is 36.3 Å². The summed E-state index contributed by atoms with van der Waals surface area (Å²) in [5.74, 6) is -1.96. The SMILES string of the molecule is CC(C)(C)OC(=O)N1Cc2cc(Cl)ccc2CC1C(=O)N1CC(CCCB2OC(C)(C)C(C)(C)O2)[C@H](C(=O)OCC(=O)c2ccccc2)C1. The van der Waals surface area contributed by atoms with E-state index < -0.39 is 40.8 Å². The van der Waals surface area contributed by atoms with Crippen molar-refractivity contribution in [1.29, 1.82) is 0 Å². The molecule has 0 spiro atoms. The number of ketones is 1. The van der Waals surface area contributed by atoms with Crippen molar-refractivity contribution in [3.63, 3.8) is 0 Å². The molecule has 0 aliphatic carbocycles. The monoisotopic (exact) mass is 694 g/mol. The molecule has 0 radical (unpaired) electrons. The molecule has 2 aromatic rings. The fourth-order valence-electron chi connectivity index (χ4n) is 6.69. The third kappa shape index (κ3) is 8.67. The number of ether oxygens (including phenoxy) is 2. The molecule has 5 rings (SSSR count). The van der Waals surface area contributed by atoms with E-state index in [9.17, 15) is 19.2 Å². The number of Topliss-reactive ketones (excluding diaryl/α,β-unsaturated/α-hetero) is 1. The fraction of sp³-hybridized carbons (Fsp3) is 0.568. The number of amides is 2. The van der Waals surface area contributed by atoms with Crippen molar-refractivity contribution in [2.24, 2.45) is 11.8 Å². The molecule has 10 nitrogen and oxygen atoms in total. The molecule has 3 aliphatic rings. The number of fused-ring (bicyclic) bond motifs is 1. The normalized spacial score (nSPS) is 22.9. The number of nitrogens with zero attached hydrogens (tertiary/aromatic N) is 2. The maximum atomic E-state index is 14.4. The van der Waals surface area contributed by atoms with Crippen molar-refractivity contribution in [3.8, 4) is 0 Å². The summed E-state index contributed by atoms with van der Waals surface area (Å²) in [5.41, 5.74) is 0.580. The maximum absolute atomic E-state index is 14.4. The highest BCUT2D eigenvalue weighted by Crippen LogP contribution is 2.39. The van der Waals surface area contributed by atoms with Crippen molar-refractivity contribution < 1.29 is 38.0 Å². The zero-order valence-corrected chi connectivity index (χ0v) is 30.4. The minimum atomic E-state index is -0.830. The first kappa shape index (κ1) is 36.9. The number of carbonyl (C=O) groups is 4. The first-order chi connectivity index (χ1) is 22.9. The van der Waals surface area contributed by atoms with Crippen LogP contribution in [0.15, 0.2) is 48.5 Å². The summed E-state index contributed by atoms with van der Waals surface area (Å²) in [4.78, 5) is 57.3. The zero-order chi connectivity index (χ0) is 35.7. The second-order valence-corrected chi connectivity index (χ2v) is 15.8. The van der Waals surface area contributed by atoms with Crippen LogP contribution in [0, 0.1) is 11.8 Å². The second-order valence-electron chi connectivity index (χ2n) is 15.4. The molecule has 3 aliphatic heterocycles. The topological polar surface area (TPSA) is 112 Å². The van der Waals surface area contributed by atoms with Crippen LogP contribution >= 0.6 is 11.6 Å². The molecule has 0 bridgehead atoms. The molecule has 264 valence electrons. The standard InChI is InChI=1S/C37H48BClN2O8/c1-35(2,3)47-34(45)41-21-27-18-28(39)16-15-25(27)19-30(41)32(43)40-20-26(14-11-17-38-48-36(4,5)37(6,7)49-38)29(22-40)33(44)46-23-31(42)24-12-9-8-10-13-24/h8-10,12-13,15-16,18,26,29-30H,11,14,17,19-23H2,1-7H3/t26?,29-,30?/m1/s1. The lowest BCUT2D eigenvalue weighted by atomic mass is 9.79. The van der Waals surface area contributed by atoms with Gasteiger partial charge in [-0.25, -0.2) is 4.79 Å². The van der Waals surface area contributed by atoms with Crippen LogP contribution in [0.3, 0.4) is 0 Å². The smallest absolute Gasteiger partial charge is 0.457 e. The Morgan fingerprint density at radius 3 is 2.29 bits per heavy atom. The molecule has 0 aromatic heterocycles. The molecule has 2 saturated heterocycles. The summed E-state index contributed by atoms with van der Waals surface area (Å²) in [6, 6.07) is 13.3. The third-order valence-electron chi connectivity index (χ3n) is 10.0. The molecular weight excluding hydrogens is 647 g/mol. The quantitative estimate of drug-likeness (QED) is 0.169. The first-order valence-corrected chi connectivity index (χ1v) is 17.5. The lowest BCUT2D eigenvalue weighted by molar-refractivity contribution is -0.148. The Hall–Kier alpha value is -3.41. The Balaban J connectivity index is 1.32. The van der Waals surface area contributed by atoms with Gasteiger partial charge >= 0.3 is 19.2 Å². The van der Waals surface area contributed by atoms with Crippen LogP contribution < -0.4 is 0 Å². The molecule has 2 fully saturated rings. The Labute approximate surface area is 294 Å². The van der Waals surface area contributed by atoms with Gasteiger partial charge in [-0.3, -0.25) is 19.3 Å². The van der Waals surface area contributed by atoms with Gasteiger partial charge in [0, 0.05) is 30.1 Å². The lowest BCUT2D eigenvalue weighted by Crippen LogP contribution is -2.54. The summed E-state index contributed by atoms with van der Waals surface area (Å²) < 4.78 is 23.7. The van der Waals surface area contributed by atoms with E-state index in [2.05, 4.69) is 0 Å². The number of likely N-dealkylation sites (tertiary alicyclic amines) is 1. The maximum Gasteiger partial charge on any atom is 0.457 e. The van der Waals surface area contributed by atoms with Crippen LogP contribution in [0.25, 0.3) is 0 Å². The highest BCUT2D eigenvalue weighted by atomic mass is 35.5. The van der Waals surface area contributed by atoms with Crippen LogP contribution in [0.1, 0.15) is 82.8 Å². The first-order valence-electron chi connectivity index (χ1n) is 17.1. The van der Waals surface area contributed by atoms with Crippen LogP contribution in [-0.4, -0.2) is 83.2 Å². The van der Waals surface area contributed by atoms with Crippen molar-refractivity contribution in [1.82, 2.24) is 9.80 Å². The van der Waals surface area contributed by atoms with Crippen molar-refractivity contribution in [2.75, 3.05) is 19.7 Å². The van der Waals surface area contributed by atoms with Gasteiger partial charge < -0.3 is 23.7 Å². The molecule has 0 N–H and O–H groups in total. The molecule has 0 saturated carbocycles. The van der Waals surface area contributed by atoms with Crippen LogP contribution in [0.4, 0.5) is 4.79 Å². The molecule has 3 atom stereocenters. The van der Waals surface area contributed by atoms with Crippen LogP contribution in [0.5, 0.6) is 0 Å². The van der Waals surface area contributed by atoms with Gasteiger partial charge in [0.05, 0.1) is 23.7 Å². The van der Waals surface area contributed by atoms with Gasteiger partial charge in [-0.05, 0) is 90.4 Å². The minimum Gasteiger partial charge on any atom is -0.457 e. The van der Waals surface area contributed by atoms with Gasteiger partial charge in [-0.15, -0.1) is 0 Å². The zero-order valence-electron chi connectivity index (χ0n) is 29.6. The predicted molar refractivity (Wildman–Crippen MR) is 186 cm³/mol. The van der Waals surface area contributed by atoms with Gasteiger partial charge in [0.25, 0.3) is 0 Å². The fourth-order valence-corrected chi connectivity index (χ4v) is 6.88. The van der Waals surface area contributed by atoms with Gasteiger partial charge in [-0.2, -0.15) is 0 Å². The largest absolute Gasteiger partial charge is 0.457 e. The van der Waals surface area contributed by atoms with Gasteiger partial charge in [0.1, 0.15) is 11.6 Å². The van der Waals surface area contributed by atoms with E-state index >= 15 is 0 Å². The summed E-state index contributed by atoms with van der Waals surface area (Å²) in [7, 11) is -0.378. The Kier molecular flexibility index (Phi) is 10.9.